The molecule has 0 radical (unpaired) electrons. The third-order valence-electron chi connectivity index (χ3n) is 4.21. The van der Waals surface area contributed by atoms with Gasteiger partial charge in [0.1, 0.15) is 0 Å². The number of nitrogens with zero attached hydrogens (tertiary/aromatic N) is 1. The van der Waals surface area contributed by atoms with Gasteiger partial charge >= 0.3 is 0 Å². The van der Waals surface area contributed by atoms with E-state index in [1.54, 1.807) is 40.5 Å². The molecule has 1 aliphatic heterocycles. The molecule has 0 saturated carbocycles. The van der Waals surface area contributed by atoms with E-state index in [0.717, 1.165) is 4.88 Å². The van der Waals surface area contributed by atoms with E-state index < -0.39 is 9.84 Å². The van der Waals surface area contributed by atoms with Crippen LogP contribution in [0.5, 0.6) is 0 Å². The van der Waals surface area contributed by atoms with E-state index in [0.29, 0.717) is 28.6 Å². The number of hydrogen-bond acceptors (Lipinski definition) is 4. The van der Waals surface area contributed by atoms with Gasteiger partial charge in [0.05, 0.1) is 18.1 Å². The highest BCUT2D eigenvalue weighted by Gasteiger charge is 2.34. The molecule has 1 fully saturated rings. The molecule has 1 saturated heterocycles. The van der Waals surface area contributed by atoms with Gasteiger partial charge in [0, 0.05) is 27.0 Å². The first-order valence-corrected chi connectivity index (χ1v) is 11.5. The van der Waals surface area contributed by atoms with Crippen LogP contribution in [-0.2, 0) is 21.2 Å². The van der Waals surface area contributed by atoms with Crippen molar-refractivity contribution in [3.8, 4) is 0 Å². The van der Waals surface area contributed by atoms with Gasteiger partial charge in [-0.05, 0) is 41.6 Å². The van der Waals surface area contributed by atoms with Gasteiger partial charge in [-0.15, -0.1) is 11.3 Å². The van der Waals surface area contributed by atoms with E-state index in [1.165, 1.54) is 6.08 Å². The minimum Gasteiger partial charge on any atom is -0.330 e. The van der Waals surface area contributed by atoms with Gasteiger partial charge in [-0.2, -0.15) is 0 Å². The fourth-order valence-corrected chi connectivity index (χ4v) is 5.78. The second-order valence-electron chi connectivity index (χ2n) is 6.10. The zero-order valence-electron chi connectivity index (χ0n) is 13.8. The predicted octanol–water partition coefficient (Wildman–Crippen LogP) is 4.28. The lowest BCUT2D eigenvalue weighted by molar-refractivity contribution is -0.128. The Morgan fingerprint density at radius 3 is 2.73 bits per heavy atom. The minimum absolute atomic E-state index is 0.0135. The first-order valence-electron chi connectivity index (χ1n) is 8.00. The standard InChI is InChI=1S/C18H17Cl2NO3S2/c19-14-5-3-13(17(20)10-14)4-6-18(22)21(11-16-2-1-8-25-16)15-7-9-26(23,24)12-15/h1-6,8,10,15H,7,9,11-12H2/b6-4-/t15-/m0/s1. The average molecular weight is 430 g/mol. The molecule has 1 aliphatic rings. The molecule has 0 aliphatic carbocycles. The fraction of sp³-hybridized carbons (Fsp3) is 0.278. The molecule has 1 atom stereocenters. The van der Waals surface area contributed by atoms with E-state index in [2.05, 4.69) is 0 Å². The summed E-state index contributed by atoms with van der Waals surface area (Å²) >= 11 is 13.6. The first-order chi connectivity index (χ1) is 12.3. The summed E-state index contributed by atoms with van der Waals surface area (Å²) in [6, 6.07) is 8.59. The average Bonchev–Trinajstić information content (AvgIpc) is 3.20. The summed E-state index contributed by atoms with van der Waals surface area (Å²) < 4.78 is 23.7. The van der Waals surface area contributed by atoms with Crippen LogP contribution in [-0.4, -0.2) is 36.8 Å². The van der Waals surface area contributed by atoms with Crippen molar-refractivity contribution >= 4 is 56.4 Å². The van der Waals surface area contributed by atoms with Gasteiger partial charge < -0.3 is 4.90 Å². The molecular formula is C18H17Cl2NO3S2. The molecule has 2 heterocycles. The van der Waals surface area contributed by atoms with Crippen LogP contribution in [0.4, 0.5) is 0 Å². The summed E-state index contributed by atoms with van der Waals surface area (Å²) in [5.74, 6) is -0.0929. The molecule has 0 bridgehead atoms. The minimum atomic E-state index is -3.08. The number of benzene rings is 1. The largest absolute Gasteiger partial charge is 0.330 e. The molecule has 0 spiro atoms. The van der Waals surface area contributed by atoms with Crippen molar-refractivity contribution in [3.63, 3.8) is 0 Å². The SMILES string of the molecule is O=C(/C=C\c1ccc(Cl)cc1Cl)N(Cc1cccs1)[C@H]1CCS(=O)(=O)C1. The lowest BCUT2D eigenvalue weighted by Gasteiger charge is -2.26. The van der Waals surface area contributed by atoms with Crippen LogP contribution in [0.2, 0.25) is 10.0 Å². The lowest BCUT2D eigenvalue weighted by Crippen LogP contribution is -2.39. The van der Waals surface area contributed by atoms with Gasteiger partial charge in [0.15, 0.2) is 9.84 Å². The van der Waals surface area contributed by atoms with Crippen LogP contribution in [0.15, 0.2) is 41.8 Å². The second-order valence-corrected chi connectivity index (χ2v) is 10.2. The van der Waals surface area contributed by atoms with Crippen molar-refractivity contribution in [2.75, 3.05) is 11.5 Å². The topological polar surface area (TPSA) is 54.5 Å². The predicted molar refractivity (Wildman–Crippen MR) is 107 cm³/mol. The molecule has 138 valence electrons. The molecule has 2 aromatic rings. The molecule has 4 nitrogen and oxygen atoms in total. The van der Waals surface area contributed by atoms with Crippen LogP contribution >= 0.6 is 34.5 Å². The van der Waals surface area contributed by atoms with Gasteiger partial charge in [-0.25, -0.2) is 8.42 Å². The number of sulfone groups is 1. The molecule has 1 aromatic heterocycles. The molecule has 3 rings (SSSR count). The Labute approximate surface area is 167 Å². The molecule has 8 heteroatoms. The van der Waals surface area contributed by atoms with E-state index in [4.69, 9.17) is 23.2 Å². The van der Waals surface area contributed by atoms with E-state index in [1.807, 2.05) is 17.5 Å². The van der Waals surface area contributed by atoms with Gasteiger partial charge in [-0.3, -0.25) is 4.79 Å². The van der Waals surface area contributed by atoms with Crippen LogP contribution in [0, 0.1) is 0 Å². The van der Waals surface area contributed by atoms with Crippen LogP contribution in [0.1, 0.15) is 16.9 Å². The van der Waals surface area contributed by atoms with Gasteiger partial charge in [0.25, 0.3) is 0 Å². The fourth-order valence-electron chi connectivity index (χ4n) is 2.87. The Bertz CT molecular complexity index is 924. The quantitative estimate of drug-likeness (QED) is 0.666. The Hall–Kier alpha value is -1.34. The number of amides is 1. The maximum absolute atomic E-state index is 12.8. The highest BCUT2D eigenvalue weighted by Crippen LogP contribution is 2.24. The number of hydrogen-bond donors (Lipinski definition) is 0. The van der Waals surface area contributed by atoms with Gasteiger partial charge in [0.2, 0.25) is 5.91 Å². The van der Waals surface area contributed by atoms with Gasteiger partial charge in [-0.1, -0.05) is 35.3 Å². The number of carbonyl (C=O) groups is 1. The second kappa shape index (κ2) is 8.13. The third kappa shape index (κ3) is 4.88. The molecule has 0 N–H and O–H groups in total. The van der Waals surface area contributed by atoms with Crippen LogP contribution < -0.4 is 0 Å². The molecular weight excluding hydrogens is 413 g/mol. The van der Waals surface area contributed by atoms with E-state index >= 15 is 0 Å². The van der Waals surface area contributed by atoms with Crippen LogP contribution in [0.25, 0.3) is 6.08 Å². The van der Waals surface area contributed by atoms with Crippen molar-refractivity contribution < 1.29 is 13.2 Å². The zero-order valence-corrected chi connectivity index (χ0v) is 16.9. The van der Waals surface area contributed by atoms with Crippen molar-refractivity contribution in [2.45, 2.75) is 19.0 Å². The normalized spacial score (nSPS) is 19.1. The third-order valence-corrected chi connectivity index (χ3v) is 7.38. The summed E-state index contributed by atoms with van der Waals surface area (Å²) in [5.41, 5.74) is 0.680. The van der Waals surface area contributed by atoms with Crippen LogP contribution in [0.3, 0.4) is 0 Å². The Morgan fingerprint density at radius 1 is 1.31 bits per heavy atom. The number of thiophene rings is 1. The first kappa shape index (κ1) is 19.4. The molecule has 1 amide bonds. The summed E-state index contributed by atoms with van der Waals surface area (Å²) in [7, 11) is -3.08. The zero-order chi connectivity index (χ0) is 18.7. The molecule has 1 aromatic carbocycles. The Kier molecular flexibility index (Phi) is 6.07. The monoisotopic (exact) mass is 429 g/mol. The maximum atomic E-state index is 12.8. The van der Waals surface area contributed by atoms with Crippen molar-refractivity contribution in [3.05, 3.63) is 62.3 Å². The number of halogens is 2. The summed E-state index contributed by atoms with van der Waals surface area (Å²) in [6.45, 7) is 0.398. The van der Waals surface area contributed by atoms with E-state index in [-0.39, 0.29) is 23.5 Å². The highest BCUT2D eigenvalue weighted by atomic mass is 35.5. The maximum Gasteiger partial charge on any atom is 0.247 e. The van der Waals surface area contributed by atoms with Crippen molar-refractivity contribution in [1.82, 2.24) is 4.90 Å². The van der Waals surface area contributed by atoms with Crippen molar-refractivity contribution in [1.29, 1.82) is 0 Å². The van der Waals surface area contributed by atoms with Crippen molar-refractivity contribution in [2.24, 2.45) is 0 Å². The smallest absolute Gasteiger partial charge is 0.247 e. The summed E-state index contributed by atoms with van der Waals surface area (Å²) in [6.07, 6.45) is 3.54. The Balaban J connectivity index is 1.81. The number of carbonyl (C=O) groups excluding carboxylic acids is 1. The van der Waals surface area contributed by atoms with E-state index in [9.17, 15) is 13.2 Å². The summed E-state index contributed by atoms with van der Waals surface area (Å²) in [5, 5.41) is 2.91. The summed E-state index contributed by atoms with van der Waals surface area (Å²) in [4.78, 5) is 15.4. The number of rotatable bonds is 5. The Morgan fingerprint density at radius 2 is 2.12 bits per heavy atom. The molecule has 26 heavy (non-hydrogen) atoms. The highest BCUT2D eigenvalue weighted by molar-refractivity contribution is 7.91. The molecule has 0 unspecified atom stereocenters. The lowest BCUT2D eigenvalue weighted by atomic mass is 10.1.